The number of aromatic nitrogens is 2. The summed E-state index contributed by atoms with van der Waals surface area (Å²) in [5, 5.41) is 11.3. The molecule has 7 nitrogen and oxygen atoms in total. The van der Waals surface area contributed by atoms with Crippen molar-refractivity contribution in [2.75, 3.05) is 18.9 Å². The Balaban J connectivity index is 1.65. The lowest BCUT2D eigenvalue weighted by Gasteiger charge is -2.16. The quantitative estimate of drug-likeness (QED) is 0.679. The monoisotopic (exact) mass is 406 g/mol. The predicted molar refractivity (Wildman–Crippen MR) is 100 cm³/mol. The molecule has 1 aromatic heterocycles. The van der Waals surface area contributed by atoms with Gasteiger partial charge in [0, 0.05) is 12.6 Å². The molecule has 1 heterocycles. The third-order valence-electron chi connectivity index (χ3n) is 3.58. The van der Waals surface area contributed by atoms with Gasteiger partial charge in [0.15, 0.2) is 0 Å². The van der Waals surface area contributed by atoms with Crippen molar-refractivity contribution in [2.45, 2.75) is 4.90 Å². The Morgan fingerprint density at radius 3 is 2.44 bits per heavy atom. The van der Waals surface area contributed by atoms with E-state index in [0.29, 0.717) is 5.01 Å². The molecule has 0 bridgehead atoms. The molecule has 0 aliphatic carbocycles. The molecule has 1 N–H and O–H groups in total. The fourth-order valence-electron chi connectivity index (χ4n) is 2.20. The van der Waals surface area contributed by atoms with E-state index in [1.165, 1.54) is 18.4 Å². The molecule has 0 saturated heterocycles. The Bertz CT molecular complexity index is 1040. The standard InChI is InChI=1S/C17H15FN4O3S2/c1-22(27(24,25)14-9-7-13(18)8-10-14)11-15(23)19-17-21-20-16(26-17)12-5-3-2-4-6-12/h2-10H,11H2,1H3,(H,19,21,23). The van der Waals surface area contributed by atoms with Crippen molar-refractivity contribution in [2.24, 2.45) is 0 Å². The lowest BCUT2D eigenvalue weighted by molar-refractivity contribution is -0.116. The summed E-state index contributed by atoms with van der Waals surface area (Å²) >= 11 is 1.18. The van der Waals surface area contributed by atoms with Gasteiger partial charge in [-0.2, -0.15) is 4.31 Å². The van der Waals surface area contributed by atoms with Gasteiger partial charge in [-0.05, 0) is 24.3 Å². The Labute approximate surface area is 159 Å². The number of anilines is 1. The summed E-state index contributed by atoms with van der Waals surface area (Å²) in [6.07, 6.45) is 0. The van der Waals surface area contributed by atoms with Crippen LogP contribution in [0.5, 0.6) is 0 Å². The van der Waals surface area contributed by atoms with Gasteiger partial charge in [0.1, 0.15) is 10.8 Å². The van der Waals surface area contributed by atoms with Crippen LogP contribution in [-0.2, 0) is 14.8 Å². The number of rotatable bonds is 6. The Morgan fingerprint density at radius 1 is 1.11 bits per heavy atom. The molecule has 0 fully saturated rings. The first-order valence-corrected chi connectivity index (χ1v) is 10.0. The predicted octanol–water partition coefficient (Wildman–Crippen LogP) is 2.60. The van der Waals surface area contributed by atoms with Crippen LogP contribution in [0, 0.1) is 5.82 Å². The second-order valence-corrected chi connectivity index (χ2v) is 8.56. The van der Waals surface area contributed by atoms with Crippen molar-refractivity contribution in [1.29, 1.82) is 0 Å². The Morgan fingerprint density at radius 2 is 1.78 bits per heavy atom. The van der Waals surface area contributed by atoms with Crippen molar-refractivity contribution >= 4 is 32.4 Å². The van der Waals surface area contributed by atoms with Crippen molar-refractivity contribution in [3.05, 3.63) is 60.4 Å². The number of benzene rings is 2. The molecule has 3 rings (SSSR count). The Kier molecular flexibility index (Phi) is 5.59. The van der Waals surface area contributed by atoms with Crippen LogP contribution < -0.4 is 5.32 Å². The van der Waals surface area contributed by atoms with Gasteiger partial charge in [-0.25, -0.2) is 12.8 Å². The van der Waals surface area contributed by atoms with Crippen LogP contribution in [0.2, 0.25) is 0 Å². The van der Waals surface area contributed by atoms with Crippen molar-refractivity contribution in [3.63, 3.8) is 0 Å². The lowest BCUT2D eigenvalue weighted by Crippen LogP contribution is -2.34. The molecular weight excluding hydrogens is 391 g/mol. The summed E-state index contributed by atoms with van der Waals surface area (Å²) < 4.78 is 38.7. The summed E-state index contributed by atoms with van der Waals surface area (Å²) in [6.45, 7) is -0.417. The highest BCUT2D eigenvalue weighted by atomic mass is 32.2. The van der Waals surface area contributed by atoms with Gasteiger partial charge in [0.2, 0.25) is 21.1 Å². The van der Waals surface area contributed by atoms with Gasteiger partial charge in [-0.3, -0.25) is 10.1 Å². The number of likely N-dealkylation sites (N-methyl/N-ethyl adjacent to an activating group) is 1. The van der Waals surface area contributed by atoms with E-state index in [-0.39, 0.29) is 10.0 Å². The Hall–Kier alpha value is -2.69. The summed E-state index contributed by atoms with van der Waals surface area (Å²) in [4.78, 5) is 12.1. The van der Waals surface area contributed by atoms with E-state index in [1.807, 2.05) is 30.3 Å². The van der Waals surface area contributed by atoms with E-state index in [4.69, 9.17) is 0 Å². The maximum absolute atomic E-state index is 13.0. The average molecular weight is 406 g/mol. The summed E-state index contributed by atoms with van der Waals surface area (Å²) in [5.41, 5.74) is 0.867. The zero-order chi connectivity index (χ0) is 19.4. The van der Waals surface area contributed by atoms with E-state index in [9.17, 15) is 17.6 Å². The molecule has 0 saturated carbocycles. The van der Waals surface area contributed by atoms with Crippen LogP contribution in [0.3, 0.4) is 0 Å². The number of nitrogens with one attached hydrogen (secondary N) is 1. The van der Waals surface area contributed by atoms with Crippen LogP contribution >= 0.6 is 11.3 Å². The van der Waals surface area contributed by atoms with Crippen LogP contribution in [0.4, 0.5) is 9.52 Å². The number of halogens is 1. The van der Waals surface area contributed by atoms with Crippen LogP contribution in [-0.4, -0.2) is 42.4 Å². The van der Waals surface area contributed by atoms with Crippen LogP contribution in [0.1, 0.15) is 0 Å². The minimum Gasteiger partial charge on any atom is -0.299 e. The number of nitrogens with zero attached hydrogens (tertiary/aromatic N) is 3. The van der Waals surface area contributed by atoms with Gasteiger partial charge in [0.05, 0.1) is 11.4 Å². The zero-order valence-electron chi connectivity index (χ0n) is 14.2. The van der Waals surface area contributed by atoms with E-state index < -0.39 is 28.3 Å². The molecular formula is C17H15FN4O3S2. The molecule has 0 atom stereocenters. The van der Waals surface area contributed by atoms with E-state index in [0.717, 1.165) is 34.1 Å². The third-order valence-corrected chi connectivity index (χ3v) is 6.29. The van der Waals surface area contributed by atoms with Crippen molar-refractivity contribution in [3.8, 4) is 10.6 Å². The summed E-state index contributed by atoms with van der Waals surface area (Å²) in [7, 11) is -2.64. The minimum atomic E-state index is -3.91. The summed E-state index contributed by atoms with van der Waals surface area (Å²) in [6, 6.07) is 13.7. The third kappa shape index (κ3) is 4.54. The highest BCUT2D eigenvalue weighted by molar-refractivity contribution is 7.89. The molecule has 2 aromatic carbocycles. The topological polar surface area (TPSA) is 92.3 Å². The second-order valence-electron chi connectivity index (χ2n) is 5.54. The number of amides is 1. The first-order chi connectivity index (χ1) is 12.9. The first kappa shape index (κ1) is 19.1. The van der Waals surface area contributed by atoms with Gasteiger partial charge < -0.3 is 0 Å². The van der Waals surface area contributed by atoms with Crippen molar-refractivity contribution < 1.29 is 17.6 Å². The van der Waals surface area contributed by atoms with Gasteiger partial charge in [-0.1, -0.05) is 41.7 Å². The number of carbonyl (C=O) groups excluding carboxylic acids is 1. The molecule has 0 unspecified atom stereocenters. The minimum absolute atomic E-state index is 0.0959. The van der Waals surface area contributed by atoms with Crippen molar-refractivity contribution in [1.82, 2.24) is 14.5 Å². The number of carbonyl (C=O) groups is 1. The number of hydrogen-bond acceptors (Lipinski definition) is 6. The zero-order valence-corrected chi connectivity index (χ0v) is 15.8. The maximum atomic E-state index is 13.0. The molecule has 27 heavy (non-hydrogen) atoms. The van der Waals surface area contributed by atoms with Crippen LogP contribution in [0.15, 0.2) is 59.5 Å². The molecule has 0 radical (unpaired) electrons. The number of hydrogen-bond donors (Lipinski definition) is 1. The smallest absolute Gasteiger partial charge is 0.243 e. The molecule has 0 aliphatic heterocycles. The molecule has 140 valence electrons. The van der Waals surface area contributed by atoms with E-state index in [1.54, 1.807) is 0 Å². The molecule has 10 heteroatoms. The van der Waals surface area contributed by atoms with Crippen LogP contribution in [0.25, 0.3) is 10.6 Å². The van der Waals surface area contributed by atoms with Gasteiger partial charge >= 0.3 is 0 Å². The average Bonchev–Trinajstić information content (AvgIpc) is 3.11. The highest BCUT2D eigenvalue weighted by Crippen LogP contribution is 2.25. The fraction of sp³-hybridized carbons (Fsp3) is 0.118. The van der Waals surface area contributed by atoms with Gasteiger partial charge in [-0.15, -0.1) is 10.2 Å². The lowest BCUT2D eigenvalue weighted by atomic mass is 10.2. The highest BCUT2D eigenvalue weighted by Gasteiger charge is 2.23. The SMILES string of the molecule is CN(CC(=O)Nc1nnc(-c2ccccc2)s1)S(=O)(=O)c1ccc(F)cc1. The fourth-order valence-corrected chi connectivity index (χ4v) is 4.10. The summed E-state index contributed by atoms with van der Waals surface area (Å²) in [5.74, 6) is -1.10. The van der Waals surface area contributed by atoms with E-state index in [2.05, 4.69) is 15.5 Å². The van der Waals surface area contributed by atoms with E-state index >= 15 is 0 Å². The molecule has 0 aliphatic rings. The molecule has 1 amide bonds. The molecule has 3 aromatic rings. The largest absolute Gasteiger partial charge is 0.299 e. The normalized spacial score (nSPS) is 11.5. The maximum Gasteiger partial charge on any atom is 0.243 e. The van der Waals surface area contributed by atoms with Gasteiger partial charge in [0.25, 0.3) is 0 Å². The second kappa shape index (κ2) is 7.91. The first-order valence-electron chi connectivity index (χ1n) is 7.77. The number of sulfonamides is 1. The molecule has 0 spiro atoms.